The number of benzene rings is 2. The molecular formula is C22H22N2O8. The molecule has 1 fully saturated rings. The Balaban J connectivity index is 1.79. The molecule has 0 unspecified atom stereocenters. The van der Waals surface area contributed by atoms with E-state index >= 15 is 0 Å². The molecule has 2 aromatic rings. The summed E-state index contributed by atoms with van der Waals surface area (Å²) in [5.41, 5.74) is 1.36. The molecule has 0 N–H and O–H groups in total. The first-order valence-electron chi connectivity index (χ1n) is 9.63. The van der Waals surface area contributed by atoms with Crippen LogP contribution in [0.5, 0.6) is 0 Å². The Morgan fingerprint density at radius 3 is 1.44 bits per heavy atom. The molecule has 0 spiro atoms. The molecule has 2 aromatic carbocycles. The minimum absolute atomic E-state index is 0.137. The van der Waals surface area contributed by atoms with E-state index in [9.17, 15) is 19.2 Å². The molecule has 1 aliphatic heterocycles. The van der Waals surface area contributed by atoms with Crippen molar-refractivity contribution in [3.05, 3.63) is 71.8 Å². The van der Waals surface area contributed by atoms with E-state index in [-0.39, 0.29) is 13.2 Å². The van der Waals surface area contributed by atoms with Gasteiger partial charge in [-0.05, 0) is 11.1 Å². The molecule has 1 saturated heterocycles. The van der Waals surface area contributed by atoms with Gasteiger partial charge < -0.3 is 18.9 Å². The summed E-state index contributed by atoms with van der Waals surface area (Å²) in [6, 6.07) is 15.1. The monoisotopic (exact) mass is 442 g/mol. The Hall–Kier alpha value is -3.92. The molecule has 10 nitrogen and oxygen atoms in total. The standard InChI is InChI=1S/C22H22N2O8/c1-29-19(25)17-18(20(26)30-2)23(17)24(21(27)31-13-15-9-5-3-6-10-15)22(28)32-14-16-11-7-4-8-12-16/h3-12,17-18H,13-14H2,1-2H3/t17-,18-/m0/s1. The summed E-state index contributed by atoms with van der Waals surface area (Å²) >= 11 is 0. The van der Waals surface area contributed by atoms with Crippen molar-refractivity contribution in [3.63, 3.8) is 0 Å². The van der Waals surface area contributed by atoms with E-state index in [0.717, 1.165) is 19.2 Å². The van der Waals surface area contributed by atoms with Gasteiger partial charge in [0.05, 0.1) is 14.2 Å². The van der Waals surface area contributed by atoms with Crippen LogP contribution in [0.4, 0.5) is 9.59 Å². The molecule has 0 radical (unpaired) electrons. The highest BCUT2D eigenvalue weighted by molar-refractivity contribution is 5.96. The van der Waals surface area contributed by atoms with Crippen LogP contribution in [0.15, 0.2) is 60.7 Å². The Labute approximate surface area is 184 Å². The zero-order chi connectivity index (χ0) is 23.1. The Morgan fingerprint density at radius 2 is 1.09 bits per heavy atom. The van der Waals surface area contributed by atoms with Crippen molar-refractivity contribution in [2.75, 3.05) is 14.2 Å². The maximum atomic E-state index is 12.8. The lowest BCUT2D eigenvalue weighted by molar-refractivity contribution is -0.144. The number of ether oxygens (including phenoxy) is 4. The van der Waals surface area contributed by atoms with Crippen molar-refractivity contribution in [2.24, 2.45) is 0 Å². The summed E-state index contributed by atoms with van der Waals surface area (Å²) in [4.78, 5) is 49.9. The van der Waals surface area contributed by atoms with E-state index in [1.807, 2.05) is 0 Å². The van der Waals surface area contributed by atoms with Crippen LogP contribution >= 0.6 is 0 Å². The van der Waals surface area contributed by atoms with Gasteiger partial charge in [-0.1, -0.05) is 60.7 Å². The van der Waals surface area contributed by atoms with Crippen LogP contribution in [-0.2, 0) is 41.8 Å². The zero-order valence-corrected chi connectivity index (χ0v) is 17.5. The number of esters is 2. The molecular weight excluding hydrogens is 420 g/mol. The van der Waals surface area contributed by atoms with Gasteiger partial charge in [0.15, 0.2) is 12.1 Å². The topological polar surface area (TPSA) is 111 Å². The summed E-state index contributed by atoms with van der Waals surface area (Å²) in [6.45, 7) is -0.274. The van der Waals surface area contributed by atoms with Crippen molar-refractivity contribution in [1.29, 1.82) is 0 Å². The smallest absolute Gasteiger partial charge is 0.434 e. The number of hydrogen-bond donors (Lipinski definition) is 0. The van der Waals surface area contributed by atoms with E-state index in [4.69, 9.17) is 9.47 Å². The number of carbonyl (C=O) groups is 4. The Bertz CT molecular complexity index is 889. The SMILES string of the molecule is COC(=O)[C@@H]1[C@@H](C(=O)OC)N1N(C(=O)OCc1ccccc1)C(=O)OCc1ccccc1. The lowest BCUT2D eigenvalue weighted by Crippen LogP contribution is -2.44. The number of nitrogens with zero attached hydrogens (tertiary/aromatic N) is 2. The third kappa shape index (κ3) is 5.22. The van der Waals surface area contributed by atoms with Gasteiger partial charge in [-0.2, -0.15) is 5.01 Å². The van der Waals surface area contributed by atoms with Gasteiger partial charge in [-0.3, -0.25) is 9.59 Å². The molecule has 2 atom stereocenters. The van der Waals surface area contributed by atoms with Gasteiger partial charge >= 0.3 is 24.1 Å². The second-order valence-corrected chi connectivity index (χ2v) is 6.71. The predicted octanol–water partition coefficient (Wildman–Crippen LogP) is 2.28. The van der Waals surface area contributed by atoms with Crippen LogP contribution in [0.25, 0.3) is 0 Å². The molecule has 2 amide bonds. The van der Waals surface area contributed by atoms with Gasteiger partial charge in [0, 0.05) is 0 Å². The van der Waals surface area contributed by atoms with Crippen LogP contribution < -0.4 is 0 Å². The van der Waals surface area contributed by atoms with E-state index < -0.39 is 36.2 Å². The maximum Gasteiger partial charge on any atom is 0.434 e. The second kappa shape index (κ2) is 10.4. The van der Waals surface area contributed by atoms with Gasteiger partial charge in [0.1, 0.15) is 13.2 Å². The molecule has 0 bridgehead atoms. The summed E-state index contributed by atoms with van der Waals surface area (Å²) < 4.78 is 19.8. The summed E-state index contributed by atoms with van der Waals surface area (Å²) in [5, 5.41) is 1.40. The number of hydrogen-bond acceptors (Lipinski definition) is 9. The predicted molar refractivity (Wildman–Crippen MR) is 109 cm³/mol. The van der Waals surface area contributed by atoms with Crippen LogP contribution in [0, 0.1) is 0 Å². The zero-order valence-electron chi connectivity index (χ0n) is 17.5. The highest BCUT2D eigenvalue weighted by atomic mass is 16.6. The second-order valence-electron chi connectivity index (χ2n) is 6.71. The lowest BCUT2D eigenvalue weighted by Gasteiger charge is -2.21. The van der Waals surface area contributed by atoms with E-state index in [2.05, 4.69) is 9.47 Å². The summed E-state index contributed by atoms with van der Waals surface area (Å²) in [6.07, 6.45) is -2.24. The van der Waals surface area contributed by atoms with E-state index in [0.29, 0.717) is 16.1 Å². The Kier molecular flexibility index (Phi) is 7.40. The third-order valence-corrected chi connectivity index (χ3v) is 4.65. The van der Waals surface area contributed by atoms with Crippen LogP contribution in [0.1, 0.15) is 11.1 Å². The van der Waals surface area contributed by atoms with Crippen LogP contribution in [0.2, 0.25) is 0 Å². The first-order valence-corrected chi connectivity index (χ1v) is 9.63. The quantitative estimate of drug-likeness (QED) is 0.362. The number of carbonyl (C=O) groups excluding carboxylic acids is 4. The van der Waals surface area contributed by atoms with E-state index in [1.165, 1.54) is 0 Å². The number of imide groups is 1. The molecule has 0 saturated carbocycles. The first kappa shape index (κ1) is 22.8. The molecule has 1 heterocycles. The minimum Gasteiger partial charge on any atom is -0.468 e. The summed E-state index contributed by atoms with van der Waals surface area (Å²) in [7, 11) is 2.25. The van der Waals surface area contributed by atoms with Gasteiger partial charge in [-0.25, -0.2) is 9.59 Å². The molecule has 0 aliphatic carbocycles. The first-order chi connectivity index (χ1) is 15.5. The van der Waals surface area contributed by atoms with Crippen molar-refractivity contribution in [3.8, 4) is 0 Å². The number of hydrazine groups is 1. The molecule has 0 aromatic heterocycles. The van der Waals surface area contributed by atoms with Crippen molar-refractivity contribution in [2.45, 2.75) is 25.3 Å². The van der Waals surface area contributed by atoms with Gasteiger partial charge in [0.25, 0.3) is 0 Å². The van der Waals surface area contributed by atoms with Gasteiger partial charge in [-0.15, -0.1) is 5.01 Å². The number of rotatable bonds is 7. The lowest BCUT2D eigenvalue weighted by atomic mass is 10.2. The van der Waals surface area contributed by atoms with Gasteiger partial charge in [0.2, 0.25) is 0 Å². The minimum atomic E-state index is -1.24. The van der Waals surface area contributed by atoms with Crippen molar-refractivity contribution < 1.29 is 38.1 Å². The molecule has 10 heteroatoms. The average Bonchev–Trinajstić information content (AvgIpc) is 3.56. The maximum absolute atomic E-state index is 12.8. The normalized spacial score (nSPS) is 18.8. The Morgan fingerprint density at radius 1 is 0.719 bits per heavy atom. The molecule has 3 rings (SSSR count). The fourth-order valence-electron chi connectivity index (χ4n) is 3.01. The summed E-state index contributed by atoms with van der Waals surface area (Å²) in [5.74, 6) is -1.64. The average molecular weight is 442 g/mol. The van der Waals surface area contributed by atoms with Crippen molar-refractivity contribution in [1.82, 2.24) is 10.0 Å². The van der Waals surface area contributed by atoms with Crippen LogP contribution in [0.3, 0.4) is 0 Å². The fourth-order valence-corrected chi connectivity index (χ4v) is 3.01. The fraction of sp³-hybridized carbons (Fsp3) is 0.273. The van der Waals surface area contributed by atoms with Crippen LogP contribution in [-0.4, -0.2) is 60.4 Å². The molecule has 32 heavy (non-hydrogen) atoms. The third-order valence-electron chi connectivity index (χ3n) is 4.65. The molecule has 168 valence electrons. The van der Waals surface area contributed by atoms with Crippen molar-refractivity contribution >= 4 is 24.1 Å². The van der Waals surface area contributed by atoms with E-state index in [1.54, 1.807) is 60.7 Å². The number of methoxy groups -OCH3 is 2. The highest BCUT2D eigenvalue weighted by Gasteiger charge is 2.65. The largest absolute Gasteiger partial charge is 0.468 e. The molecule has 1 aliphatic rings. The number of amides is 2. The highest BCUT2D eigenvalue weighted by Crippen LogP contribution is 2.34.